The van der Waals surface area contributed by atoms with Crippen LogP contribution >= 0.6 is 0 Å². The van der Waals surface area contributed by atoms with E-state index in [-0.39, 0.29) is 23.4 Å². The van der Waals surface area contributed by atoms with E-state index in [2.05, 4.69) is 34.7 Å². The van der Waals surface area contributed by atoms with Crippen molar-refractivity contribution in [2.75, 3.05) is 43.2 Å². The van der Waals surface area contributed by atoms with Gasteiger partial charge in [0.1, 0.15) is 23.8 Å². The maximum absolute atomic E-state index is 13.4. The summed E-state index contributed by atoms with van der Waals surface area (Å²) in [5.41, 5.74) is 1.21. The van der Waals surface area contributed by atoms with Crippen molar-refractivity contribution >= 4 is 23.4 Å². The summed E-state index contributed by atoms with van der Waals surface area (Å²) in [6, 6.07) is 5.93. The number of nitrogens with zero attached hydrogens (tertiary/aromatic N) is 7. The zero-order valence-corrected chi connectivity index (χ0v) is 21.9. The third-order valence-corrected chi connectivity index (χ3v) is 8.12. The number of ether oxygens (including phenoxy) is 1. The maximum atomic E-state index is 13.4. The molecule has 9 nitrogen and oxygen atoms in total. The van der Waals surface area contributed by atoms with Gasteiger partial charge in [0.2, 0.25) is 5.91 Å². The highest BCUT2D eigenvalue weighted by molar-refractivity contribution is 5.83. The monoisotopic (exact) mass is 489 g/mol. The molecule has 1 aliphatic carbocycles. The second-order valence-corrected chi connectivity index (χ2v) is 11.3. The Balaban J connectivity index is 1.49. The predicted octanol–water partition coefficient (Wildman–Crippen LogP) is 3.41. The average Bonchev–Trinajstić information content (AvgIpc) is 3.21. The largest absolute Gasteiger partial charge is 0.384 e. The molecule has 2 aromatic heterocycles. The van der Waals surface area contributed by atoms with Gasteiger partial charge >= 0.3 is 0 Å². The highest BCUT2D eigenvalue weighted by atomic mass is 16.5. The molecule has 9 heteroatoms. The minimum absolute atomic E-state index is 0.00732. The van der Waals surface area contributed by atoms with Crippen LogP contribution < -0.4 is 9.80 Å². The zero-order valence-electron chi connectivity index (χ0n) is 21.9. The highest BCUT2D eigenvalue weighted by Crippen LogP contribution is 2.56. The number of hydrogen-bond acceptors (Lipinski definition) is 8. The summed E-state index contributed by atoms with van der Waals surface area (Å²) in [5, 5.41) is 9.41. The lowest BCUT2D eigenvalue weighted by atomic mass is 9.66. The molecule has 2 fully saturated rings. The third-order valence-electron chi connectivity index (χ3n) is 8.12. The fraction of sp³-hybridized carbons (Fsp3) is 0.593. The summed E-state index contributed by atoms with van der Waals surface area (Å²) < 4.78 is 5.32. The first-order valence-corrected chi connectivity index (χ1v) is 12.8. The molecule has 0 unspecified atom stereocenters. The molecule has 2 aromatic rings. The molecule has 1 amide bonds. The molecular weight excluding hydrogens is 454 g/mol. The topological polar surface area (TPSA) is 98.5 Å². The van der Waals surface area contributed by atoms with E-state index >= 15 is 0 Å². The molecule has 0 radical (unpaired) electrons. The number of carbonyl (C=O) groups is 1. The Bertz CT molecular complexity index is 1200. The first-order valence-electron chi connectivity index (χ1n) is 12.8. The molecule has 0 N–H and O–H groups in total. The number of carbonyl (C=O) groups excluding carboxylic acids is 1. The van der Waals surface area contributed by atoms with Gasteiger partial charge in [-0.2, -0.15) is 5.26 Å². The Hall–Kier alpha value is -3.25. The molecule has 4 heterocycles. The van der Waals surface area contributed by atoms with E-state index in [4.69, 9.17) is 14.7 Å². The molecule has 1 saturated carbocycles. The second-order valence-electron chi connectivity index (χ2n) is 11.3. The van der Waals surface area contributed by atoms with Gasteiger partial charge in [-0.1, -0.05) is 6.42 Å². The van der Waals surface area contributed by atoms with Gasteiger partial charge in [-0.3, -0.25) is 4.79 Å². The lowest BCUT2D eigenvalue weighted by Crippen LogP contribution is -2.61. The fourth-order valence-electron chi connectivity index (χ4n) is 6.07. The van der Waals surface area contributed by atoms with Crippen LogP contribution in [0.3, 0.4) is 0 Å². The minimum atomic E-state index is -0.567. The molecule has 0 aromatic carbocycles. The number of aromatic nitrogens is 3. The number of pyridine rings is 1. The van der Waals surface area contributed by atoms with Gasteiger partial charge in [0.15, 0.2) is 0 Å². The molecule has 1 saturated heterocycles. The van der Waals surface area contributed by atoms with Crippen molar-refractivity contribution < 1.29 is 9.53 Å². The van der Waals surface area contributed by atoms with Gasteiger partial charge < -0.3 is 19.4 Å². The average molecular weight is 490 g/mol. The highest BCUT2D eigenvalue weighted by Gasteiger charge is 2.52. The number of amides is 1. The SMILES string of the molecule is COCC(C)(C)C(=O)N1C[C@@H](C)N(c2ncnc3c2C2(CCC2)CN3c2cc(C#N)ccn2)C[C@@H]1C. The van der Waals surface area contributed by atoms with Crippen molar-refractivity contribution in [3.05, 3.63) is 35.8 Å². The van der Waals surface area contributed by atoms with Crippen LogP contribution in [0.5, 0.6) is 0 Å². The van der Waals surface area contributed by atoms with E-state index < -0.39 is 5.41 Å². The van der Waals surface area contributed by atoms with Crippen LogP contribution in [-0.2, 0) is 14.9 Å². The molecule has 5 rings (SSSR count). The zero-order chi connectivity index (χ0) is 25.7. The second kappa shape index (κ2) is 9.00. The Morgan fingerprint density at radius 1 is 1.19 bits per heavy atom. The Kier molecular flexibility index (Phi) is 6.11. The van der Waals surface area contributed by atoms with E-state index in [0.717, 1.165) is 36.8 Å². The van der Waals surface area contributed by atoms with Crippen LogP contribution in [0.25, 0.3) is 0 Å². The Morgan fingerprint density at radius 2 is 1.94 bits per heavy atom. The van der Waals surface area contributed by atoms with Crippen LogP contribution in [0.4, 0.5) is 17.5 Å². The summed E-state index contributed by atoms with van der Waals surface area (Å²) >= 11 is 0. The van der Waals surface area contributed by atoms with Gasteiger partial charge in [-0.15, -0.1) is 0 Å². The number of piperazine rings is 1. The van der Waals surface area contributed by atoms with Crippen LogP contribution in [0.2, 0.25) is 0 Å². The Labute approximate surface area is 213 Å². The van der Waals surface area contributed by atoms with Crippen molar-refractivity contribution in [3.8, 4) is 6.07 Å². The molecule has 2 atom stereocenters. The summed E-state index contributed by atoms with van der Waals surface area (Å²) in [6.45, 7) is 10.7. The Morgan fingerprint density at radius 3 is 2.61 bits per heavy atom. The lowest BCUT2D eigenvalue weighted by molar-refractivity contribution is -0.146. The number of fused-ring (bicyclic) bond motifs is 2. The predicted molar refractivity (Wildman–Crippen MR) is 137 cm³/mol. The first kappa shape index (κ1) is 24.4. The number of methoxy groups -OCH3 is 1. The van der Waals surface area contributed by atoms with Crippen molar-refractivity contribution in [2.24, 2.45) is 5.41 Å². The first-order chi connectivity index (χ1) is 17.2. The van der Waals surface area contributed by atoms with E-state index in [9.17, 15) is 10.1 Å². The molecule has 1 spiro atoms. The van der Waals surface area contributed by atoms with Crippen molar-refractivity contribution in [1.29, 1.82) is 5.26 Å². The van der Waals surface area contributed by atoms with Gasteiger partial charge in [0.25, 0.3) is 0 Å². The molecule has 190 valence electrons. The molecule has 36 heavy (non-hydrogen) atoms. The quantitative estimate of drug-likeness (QED) is 0.630. The maximum Gasteiger partial charge on any atom is 0.230 e. The van der Waals surface area contributed by atoms with Crippen LogP contribution in [0.15, 0.2) is 24.7 Å². The van der Waals surface area contributed by atoms with Crippen LogP contribution in [0, 0.1) is 16.7 Å². The molecular formula is C27H35N7O2. The number of nitriles is 1. The van der Waals surface area contributed by atoms with Gasteiger partial charge in [0, 0.05) is 56.0 Å². The van der Waals surface area contributed by atoms with Crippen molar-refractivity contribution in [2.45, 2.75) is 64.5 Å². The van der Waals surface area contributed by atoms with Gasteiger partial charge in [-0.05, 0) is 52.7 Å². The van der Waals surface area contributed by atoms with E-state index in [1.165, 1.54) is 12.0 Å². The normalized spacial score (nSPS) is 22.8. The van der Waals surface area contributed by atoms with Crippen LogP contribution in [-0.4, -0.2) is 71.2 Å². The van der Waals surface area contributed by atoms with Gasteiger partial charge in [0.05, 0.1) is 23.7 Å². The van der Waals surface area contributed by atoms with Crippen molar-refractivity contribution in [1.82, 2.24) is 19.9 Å². The fourth-order valence-corrected chi connectivity index (χ4v) is 6.07. The number of anilines is 3. The van der Waals surface area contributed by atoms with Crippen molar-refractivity contribution in [3.63, 3.8) is 0 Å². The smallest absolute Gasteiger partial charge is 0.230 e. The standard InChI is InChI=1S/C27H35N7O2/c1-18-14-33(25(35)26(3,4)16-36-5)19(2)13-32(18)23-22-24(31-17-30-23)34(15-27(22)8-6-9-27)21-11-20(12-28)7-10-29-21/h7,10-11,17-19H,6,8-9,13-16H2,1-5H3/t18-,19+/m1/s1. The molecule has 2 aliphatic heterocycles. The van der Waals surface area contributed by atoms with E-state index in [1.807, 2.05) is 24.8 Å². The van der Waals surface area contributed by atoms with Crippen LogP contribution in [0.1, 0.15) is 58.1 Å². The molecule has 0 bridgehead atoms. The molecule has 3 aliphatic rings. The number of hydrogen-bond donors (Lipinski definition) is 0. The summed E-state index contributed by atoms with van der Waals surface area (Å²) in [5.74, 6) is 2.74. The lowest BCUT2D eigenvalue weighted by Gasteiger charge is -2.48. The number of rotatable bonds is 5. The van der Waals surface area contributed by atoms with E-state index in [0.29, 0.717) is 25.3 Å². The minimum Gasteiger partial charge on any atom is -0.384 e. The summed E-state index contributed by atoms with van der Waals surface area (Å²) in [7, 11) is 1.64. The summed E-state index contributed by atoms with van der Waals surface area (Å²) in [4.78, 5) is 34.0. The van der Waals surface area contributed by atoms with Gasteiger partial charge in [-0.25, -0.2) is 15.0 Å². The third kappa shape index (κ3) is 3.88. The van der Waals surface area contributed by atoms with E-state index in [1.54, 1.807) is 25.7 Å². The summed E-state index contributed by atoms with van der Waals surface area (Å²) in [6.07, 6.45) is 6.68.